The number of hydrogen-bond acceptors (Lipinski definition) is 5. The van der Waals surface area contributed by atoms with Gasteiger partial charge in [0.25, 0.3) is 0 Å². The van der Waals surface area contributed by atoms with Crippen LogP contribution in [0.4, 0.5) is 0 Å². The summed E-state index contributed by atoms with van der Waals surface area (Å²) in [7, 11) is 1.86. The molecule has 0 aromatic carbocycles. The first-order valence-corrected chi connectivity index (χ1v) is 19.2. The molecule has 43 heavy (non-hydrogen) atoms. The third-order valence-electron chi connectivity index (χ3n) is 7.31. The molecule has 0 aliphatic rings. The molecule has 258 valence electrons. The van der Waals surface area contributed by atoms with E-state index in [1.807, 2.05) is 41.9 Å². The van der Waals surface area contributed by atoms with Crippen LogP contribution in [0.25, 0.3) is 0 Å². The third kappa shape index (κ3) is 34.4. The molecule has 0 aromatic heterocycles. The molecule has 8 heteroatoms. The Bertz CT molecular complexity index is 689. The standard InChI is InChI=1S/C35H72NO6P/c1-8-9-10-11-12-13-14-15-16-17-18-19-20-21-22-23-24-25-26-27-28-30-39-32-34(42-35(2,3)4)33-41-43(37,38)40-31-29-36(5,6)7/h19-20,34H,8-18,21-33H2,1-7H3/p+1/b20-19-/t34-/m1/s1. The predicted octanol–water partition coefficient (Wildman–Crippen LogP) is 10.0. The van der Waals surface area contributed by atoms with Crippen LogP contribution in [-0.2, 0) is 23.1 Å². The number of likely N-dealkylation sites (N-methyl/N-ethyl adjacent to an activating group) is 1. The van der Waals surface area contributed by atoms with Crippen molar-refractivity contribution in [1.82, 2.24) is 0 Å². The van der Waals surface area contributed by atoms with Crippen molar-refractivity contribution in [2.45, 2.75) is 161 Å². The zero-order chi connectivity index (χ0) is 32.3. The van der Waals surface area contributed by atoms with Gasteiger partial charge in [-0.15, -0.1) is 0 Å². The predicted molar refractivity (Wildman–Crippen MR) is 183 cm³/mol. The number of allylic oxidation sites excluding steroid dienone is 2. The molecule has 0 fully saturated rings. The maximum absolute atomic E-state index is 12.3. The molecule has 0 aliphatic heterocycles. The minimum absolute atomic E-state index is 0.0517. The molecule has 0 aromatic rings. The number of nitrogens with zero attached hydrogens (tertiary/aromatic N) is 1. The van der Waals surface area contributed by atoms with Crippen LogP contribution in [0.2, 0.25) is 0 Å². The Morgan fingerprint density at radius 3 is 1.60 bits per heavy atom. The van der Waals surface area contributed by atoms with E-state index in [0.29, 0.717) is 24.2 Å². The molecule has 7 nitrogen and oxygen atoms in total. The van der Waals surface area contributed by atoms with Gasteiger partial charge in [0.15, 0.2) is 0 Å². The monoisotopic (exact) mass is 635 g/mol. The average molecular weight is 635 g/mol. The molecular formula is C35H73NO6P+. The van der Waals surface area contributed by atoms with Crippen molar-refractivity contribution in [2.24, 2.45) is 0 Å². The van der Waals surface area contributed by atoms with Gasteiger partial charge in [-0.1, -0.05) is 109 Å². The molecule has 0 bridgehead atoms. The summed E-state index contributed by atoms with van der Waals surface area (Å²) in [6, 6.07) is 0. The largest absolute Gasteiger partial charge is 0.472 e. The van der Waals surface area contributed by atoms with Crippen molar-refractivity contribution in [1.29, 1.82) is 0 Å². The van der Waals surface area contributed by atoms with Crippen LogP contribution in [0.15, 0.2) is 12.2 Å². The molecule has 1 N–H and O–H groups in total. The Labute approximate surface area is 267 Å². The average Bonchev–Trinajstić information content (AvgIpc) is 2.90. The molecule has 0 aliphatic carbocycles. The molecule has 2 atom stereocenters. The van der Waals surface area contributed by atoms with E-state index >= 15 is 0 Å². The Morgan fingerprint density at radius 1 is 0.674 bits per heavy atom. The van der Waals surface area contributed by atoms with Crippen molar-refractivity contribution in [2.75, 3.05) is 54.1 Å². The van der Waals surface area contributed by atoms with Crippen LogP contribution >= 0.6 is 7.82 Å². The summed E-state index contributed by atoms with van der Waals surface area (Å²) in [6.07, 6.45) is 29.5. The molecule has 0 saturated carbocycles. The van der Waals surface area contributed by atoms with Crippen molar-refractivity contribution in [3.63, 3.8) is 0 Å². The Hall–Kier alpha value is -0.270. The lowest BCUT2D eigenvalue weighted by molar-refractivity contribution is -0.870. The molecule has 0 heterocycles. The van der Waals surface area contributed by atoms with Crippen LogP contribution in [0.1, 0.15) is 150 Å². The first-order valence-electron chi connectivity index (χ1n) is 17.7. The molecular weight excluding hydrogens is 561 g/mol. The first kappa shape index (κ1) is 42.7. The smallest absolute Gasteiger partial charge is 0.379 e. The molecule has 0 rings (SSSR count). The number of phosphoric acid groups is 1. The van der Waals surface area contributed by atoms with E-state index in [9.17, 15) is 9.46 Å². The highest BCUT2D eigenvalue weighted by Crippen LogP contribution is 2.43. The highest BCUT2D eigenvalue weighted by molar-refractivity contribution is 7.47. The normalized spacial score (nSPS) is 14.9. The lowest BCUT2D eigenvalue weighted by atomic mass is 10.1. The Kier molecular flexibility index (Phi) is 26.7. The van der Waals surface area contributed by atoms with Gasteiger partial charge >= 0.3 is 7.82 Å². The quantitative estimate of drug-likeness (QED) is 0.0354. The van der Waals surface area contributed by atoms with E-state index in [1.54, 1.807) is 0 Å². The minimum atomic E-state index is -4.13. The van der Waals surface area contributed by atoms with Gasteiger partial charge in [-0.25, -0.2) is 4.57 Å². The van der Waals surface area contributed by atoms with Crippen molar-refractivity contribution < 1.29 is 32.5 Å². The zero-order valence-electron chi connectivity index (χ0n) is 29.6. The fourth-order valence-electron chi connectivity index (χ4n) is 4.81. The van der Waals surface area contributed by atoms with E-state index < -0.39 is 19.5 Å². The number of phosphoric ester groups is 1. The van der Waals surface area contributed by atoms with Gasteiger partial charge in [0.05, 0.1) is 40.0 Å². The van der Waals surface area contributed by atoms with Crippen molar-refractivity contribution in [3.05, 3.63) is 12.2 Å². The third-order valence-corrected chi connectivity index (χ3v) is 8.30. The summed E-state index contributed by atoms with van der Waals surface area (Å²) in [4.78, 5) is 10.0. The van der Waals surface area contributed by atoms with Crippen LogP contribution in [0.3, 0.4) is 0 Å². The van der Waals surface area contributed by atoms with E-state index in [1.165, 1.54) is 109 Å². The number of quaternary nitrogens is 1. The number of rotatable bonds is 31. The van der Waals surface area contributed by atoms with Crippen LogP contribution in [0.5, 0.6) is 0 Å². The summed E-state index contributed by atoms with van der Waals surface area (Å²) in [5, 5.41) is 0. The summed E-state index contributed by atoms with van der Waals surface area (Å²) >= 11 is 0. The summed E-state index contributed by atoms with van der Waals surface area (Å²) in [5.74, 6) is 0. The second kappa shape index (κ2) is 26.9. The second-order valence-electron chi connectivity index (χ2n) is 14.2. The molecule has 0 spiro atoms. The van der Waals surface area contributed by atoms with Crippen molar-refractivity contribution in [3.8, 4) is 0 Å². The fourth-order valence-corrected chi connectivity index (χ4v) is 5.55. The summed E-state index contributed by atoms with van der Waals surface area (Å²) in [6.45, 7) is 9.82. The van der Waals surface area contributed by atoms with Crippen LogP contribution in [-0.4, -0.2) is 75.2 Å². The number of hydrogen-bond donors (Lipinski definition) is 1. The maximum Gasteiger partial charge on any atom is 0.472 e. The minimum Gasteiger partial charge on any atom is -0.379 e. The molecule has 0 amide bonds. The lowest BCUT2D eigenvalue weighted by Gasteiger charge is -2.28. The zero-order valence-corrected chi connectivity index (χ0v) is 30.5. The van der Waals surface area contributed by atoms with Gasteiger partial charge < -0.3 is 18.9 Å². The van der Waals surface area contributed by atoms with E-state index in [-0.39, 0.29) is 13.2 Å². The lowest BCUT2D eigenvalue weighted by Crippen LogP contribution is -2.37. The van der Waals surface area contributed by atoms with Gasteiger partial charge in [-0.05, 0) is 52.9 Å². The Morgan fingerprint density at radius 2 is 1.14 bits per heavy atom. The van der Waals surface area contributed by atoms with Crippen molar-refractivity contribution >= 4 is 7.82 Å². The molecule has 1 unspecified atom stereocenters. The number of ether oxygens (including phenoxy) is 2. The van der Waals surface area contributed by atoms with Crippen LogP contribution in [0, 0.1) is 0 Å². The van der Waals surface area contributed by atoms with Gasteiger partial charge in [0.1, 0.15) is 19.3 Å². The van der Waals surface area contributed by atoms with Gasteiger partial charge in [0, 0.05) is 6.61 Å². The molecule has 0 radical (unpaired) electrons. The summed E-state index contributed by atoms with van der Waals surface area (Å²) < 4.78 is 35.1. The van der Waals surface area contributed by atoms with Gasteiger partial charge in [-0.3, -0.25) is 9.05 Å². The highest BCUT2D eigenvalue weighted by atomic mass is 31.2. The van der Waals surface area contributed by atoms with Gasteiger partial charge in [-0.2, -0.15) is 0 Å². The highest BCUT2D eigenvalue weighted by Gasteiger charge is 2.27. The Balaban J connectivity index is 3.73. The molecule has 0 saturated heterocycles. The number of unbranched alkanes of at least 4 members (excludes halogenated alkanes) is 17. The topological polar surface area (TPSA) is 74.2 Å². The SMILES string of the molecule is CCCCCCCCCCCC/C=C\CCCCCCCCCOC[C@H](COP(=O)(O)OCC[N+](C)(C)C)OC(C)(C)C. The maximum atomic E-state index is 12.3. The first-order chi connectivity index (χ1) is 20.3. The van der Waals surface area contributed by atoms with Gasteiger partial charge in [0.2, 0.25) is 0 Å². The van der Waals surface area contributed by atoms with E-state index in [4.69, 9.17) is 18.5 Å². The summed E-state index contributed by atoms with van der Waals surface area (Å²) in [5.41, 5.74) is -0.413. The van der Waals surface area contributed by atoms with E-state index in [0.717, 1.165) is 12.8 Å². The van der Waals surface area contributed by atoms with E-state index in [2.05, 4.69) is 19.1 Å². The van der Waals surface area contributed by atoms with Crippen LogP contribution < -0.4 is 0 Å². The second-order valence-corrected chi connectivity index (χ2v) is 15.7. The fraction of sp³-hybridized carbons (Fsp3) is 0.943.